The number of nitrogens with zero attached hydrogens (tertiary/aromatic N) is 2. The van der Waals surface area contributed by atoms with E-state index in [4.69, 9.17) is 9.47 Å². The van der Waals surface area contributed by atoms with Crippen LogP contribution in [0.3, 0.4) is 0 Å². The molecule has 0 radical (unpaired) electrons. The summed E-state index contributed by atoms with van der Waals surface area (Å²) in [6.07, 6.45) is 0.459. The van der Waals surface area contributed by atoms with E-state index in [1.54, 1.807) is 37.3 Å². The average molecular weight is 609 g/mol. The number of piperidine rings is 1. The highest BCUT2D eigenvalue weighted by Crippen LogP contribution is 2.68. The van der Waals surface area contributed by atoms with Crippen LogP contribution in [0.25, 0.3) is 0 Å². The Morgan fingerprint density at radius 2 is 1.67 bits per heavy atom. The predicted molar refractivity (Wildman–Crippen MR) is 160 cm³/mol. The van der Waals surface area contributed by atoms with Crippen LogP contribution in [0.15, 0.2) is 53.4 Å². The van der Waals surface area contributed by atoms with Gasteiger partial charge in [0.2, 0.25) is 5.54 Å². The molecule has 3 saturated carbocycles. The number of anilines is 1. The Kier molecular flexibility index (Phi) is 6.76. The summed E-state index contributed by atoms with van der Waals surface area (Å²) in [4.78, 5) is 41.6. The summed E-state index contributed by atoms with van der Waals surface area (Å²) in [5.41, 5.74) is -0.362. The minimum Gasteiger partial charge on any atom is -0.457 e. The van der Waals surface area contributed by atoms with E-state index in [0.717, 1.165) is 24.0 Å². The number of benzene rings is 2. The zero-order valence-electron chi connectivity index (χ0n) is 25.6. The number of amides is 1. The molecule has 1 amide bonds. The average Bonchev–Trinajstić information content (AvgIpc) is 3.37. The molecule has 230 valence electrons. The number of sulfonamides is 1. The molecule has 9 nitrogen and oxygen atoms in total. The molecular formula is C33H40N2O7S. The molecule has 3 unspecified atom stereocenters. The van der Waals surface area contributed by atoms with Gasteiger partial charge >= 0.3 is 12.1 Å². The lowest BCUT2D eigenvalue weighted by Crippen LogP contribution is -2.55. The van der Waals surface area contributed by atoms with Crippen molar-refractivity contribution in [2.24, 2.45) is 16.7 Å². The van der Waals surface area contributed by atoms with Gasteiger partial charge in [0.15, 0.2) is 5.78 Å². The second kappa shape index (κ2) is 9.81. The number of likely N-dealkylation sites (tertiary alicyclic amines) is 1. The van der Waals surface area contributed by atoms with Gasteiger partial charge in [-0.1, -0.05) is 45.0 Å². The normalized spacial score (nSPS) is 32.0. The molecule has 3 aliphatic carbocycles. The number of carbonyl (C=O) groups excluding carboxylic acids is 3. The van der Waals surface area contributed by atoms with Gasteiger partial charge in [0.25, 0.3) is 10.0 Å². The SMILES string of the molecule is CCOC(=O)N1C2CCC(=O)C21C(=O)OC1[C@H](N(c2cc(C)cc(C)c2)S(=O)(=O)c2ccccc2)[C@H]2CC[C@]1(C)C2(C)C. The highest BCUT2D eigenvalue weighted by Gasteiger charge is 2.80. The largest absolute Gasteiger partial charge is 0.457 e. The molecule has 0 aromatic heterocycles. The third-order valence-electron chi connectivity index (χ3n) is 10.9. The number of esters is 1. The van der Waals surface area contributed by atoms with Crippen molar-refractivity contribution in [3.05, 3.63) is 59.7 Å². The van der Waals surface area contributed by atoms with E-state index in [9.17, 15) is 22.8 Å². The fourth-order valence-corrected chi connectivity index (χ4v) is 10.2. The smallest absolute Gasteiger partial charge is 0.411 e. The number of hydrogen-bond acceptors (Lipinski definition) is 7. The molecule has 0 N–H and O–H groups in total. The molecule has 4 aliphatic rings. The minimum atomic E-state index is -4.11. The Hall–Kier alpha value is -3.40. The highest BCUT2D eigenvalue weighted by atomic mass is 32.2. The van der Waals surface area contributed by atoms with Gasteiger partial charge in [-0.3, -0.25) is 14.0 Å². The summed E-state index contributed by atoms with van der Waals surface area (Å²) in [5, 5.41) is 0. The van der Waals surface area contributed by atoms with Crippen LogP contribution in [0.5, 0.6) is 0 Å². The van der Waals surface area contributed by atoms with Crippen LogP contribution in [-0.2, 0) is 29.1 Å². The number of rotatable bonds is 7. The molecular weight excluding hydrogens is 568 g/mol. The molecule has 43 heavy (non-hydrogen) atoms. The van der Waals surface area contributed by atoms with E-state index in [2.05, 4.69) is 20.8 Å². The van der Waals surface area contributed by atoms with Gasteiger partial charge in [-0.05, 0) is 86.8 Å². The first kappa shape index (κ1) is 29.7. The predicted octanol–water partition coefficient (Wildman–Crippen LogP) is 5.18. The lowest BCUT2D eigenvalue weighted by atomic mass is 9.70. The zero-order chi connectivity index (χ0) is 31.1. The van der Waals surface area contributed by atoms with Gasteiger partial charge < -0.3 is 9.47 Å². The fraction of sp³-hybridized carbons (Fsp3) is 0.545. The van der Waals surface area contributed by atoms with Crippen LogP contribution in [0.4, 0.5) is 10.5 Å². The highest BCUT2D eigenvalue weighted by molar-refractivity contribution is 7.92. The summed E-state index contributed by atoms with van der Waals surface area (Å²) in [6, 6.07) is 12.7. The standard InChI is InChI=1S/C33H40N2O7S/c1-7-41-30(38)34-25-13-14-26(36)33(25,34)29(37)42-28-27(24-15-16-32(28,6)31(24,4)5)35(22-18-20(2)17-21(3)19-22)43(39,40)23-11-9-8-10-12-23/h8-12,17-19,24-25,27-28H,7,13-16H2,1-6H3/t24-,25?,27-,28?,32+,33?,34?/m1/s1. The summed E-state index contributed by atoms with van der Waals surface area (Å²) in [5.74, 6) is -1.28. The molecule has 4 fully saturated rings. The Bertz CT molecular complexity index is 1590. The summed E-state index contributed by atoms with van der Waals surface area (Å²) in [6.45, 7) is 11.9. The van der Waals surface area contributed by atoms with Gasteiger partial charge in [0.1, 0.15) is 6.10 Å². The number of Topliss-reactive ketones (excluding diaryl/α,β-unsaturated/α-hetero) is 1. The van der Waals surface area contributed by atoms with E-state index in [1.807, 2.05) is 32.0 Å². The molecule has 2 aromatic carbocycles. The Morgan fingerprint density at radius 3 is 2.30 bits per heavy atom. The number of hydrogen-bond donors (Lipinski definition) is 0. The summed E-state index contributed by atoms with van der Waals surface area (Å²) < 4.78 is 42.3. The maximum absolute atomic E-state index is 14.6. The van der Waals surface area contributed by atoms with Gasteiger partial charge in [-0.25, -0.2) is 18.0 Å². The van der Waals surface area contributed by atoms with Crippen molar-refractivity contribution in [1.82, 2.24) is 4.90 Å². The zero-order valence-corrected chi connectivity index (χ0v) is 26.4. The van der Waals surface area contributed by atoms with E-state index >= 15 is 0 Å². The second-order valence-corrected chi connectivity index (χ2v) is 15.2. The maximum atomic E-state index is 14.6. The third kappa shape index (κ3) is 4.01. The van der Waals surface area contributed by atoms with E-state index in [1.165, 1.54) is 9.21 Å². The molecule has 6 atom stereocenters. The molecule has 1 saturated heterocycles. The lowest BCUT2D eigenvalue weighted by Gasteiger charge is -2.43. The molecule has 2 bridgehead atoms. The van der Waals surface area contributed by atoms with Gasteiger partial charge in [-0.2, -0.15) is 0 Å². The van der Waals surface area contributed by atoms with E-state index < -0.39 is 56.6 Å². The van der Waals surface area contributed by atoms with Crippen LogP contribution < -0.4 is 4.31 Å². The number of aryl methyl sites for hydroxylation is 2. The van der Waals surface area contributed by atoms with Crippen LogP contribution in [0.2, 0.25) is 0 Å². The first-order valence-corrected chi connectivity index (χ1v) is 16.5. The molecule has 0 spiro atoms. The van der Waals surface area contributed by atoms with Crippen molar-refractivity contribution in [2.75, 3.05) is 10.9 Å². The first-order chi connectivity index (χ1) is 20.2. The number of fused-ring (bicyclic) bond motifs is 3. The second-order valence-electron chi connectivity index (χ2n) is 13.4. The number of carbonyl (C=O) groups is 3. The summed E-state index contributed by atoms with van der Waals surface area (Å²) in [7, 11) is -4.11. The van der Waals surface area contributed by atoms with Crippen molar-refractivity contribution in [2.45, 2.75) is 95.8 Å². The first-order valence-electron chi connectivity index (χ1n) is 15.1. The van der Waals surface area contributed by atoms with Crippen LogP contribution >= 0.6 is 0 Å². The Labute approximate surface area is 253 Å². The molecule has 6 rings (SSSR count). The third-order valence-corrected chi connectivity index (χ3v) is 12.8. The van der Waals surface area contributed by atoms with E-state index in [0.29, 0.717) is 12.1 Å². The van der Waals surface area contributed by atoms with Crippen molar-refractivity contribution in [1.29, 1.82) is 0 Å². The molecule has 1 heterocycles. The van der Waals surface area contributed by atoms with Crippen molar-refractivity contribution in [3.8, 4) is 0 Å². The Balaban J connectivity index is 1.48. The van der Waals surface area contributed by atoms with Gasteiger partial charge in [0.05, 0.1) is 29.3 Å². The number of ether oxygens (including phenoxy) is 2. The minimum absolute atomic E-state index is 0.113. The van der Waals surface area contributed by atoms with Crippen LogP contribution in [0, 0.1) is 30.6 Å². The number of ketones is 1. The molecule has 10 heteroatoms. The van der Waals surface area contributed by atoms with Crippen LogP contribution in [0.1, 0.15) is 64.5 Å². The van der Waals surface area contributed by atoms with E-state index in [-0.39, 0.29) is 29.6 Å². The Morgan fingerprint density at radius 1 is 1.02 bits per heavy atom. The van der Waals surface area contributed by atoms with Gasteiger partial charge in [0, 0.05) is 11.8 Å². The van der Waals surface area contributed by atoms with Gasteiger partial charge in [-0.15, -0.1) is 0 Å². The summed E-state index contributed by atoms with van der Waals surface area (Å²) >= 11 is 0. The fourth-order valence-electron chi connectivity index (χ4n) is 8.48. The molecule has 2 aromatic rings. The monoisotopic (exact) mass is 608 g/mol. The van der Waals surface area contributed by atoms with Crippen LogP contribution in [-0.4, -0.2) is 61.5 Å². The quantitative estimate of drug-likeness (QED) is 0.242. The topological polar surface area (TPSA) is 110 Å². The maximum Gasteiger partial charge on any atom is 0.411 e. The van der Waals surface area contributed by atoms with Crippen molar-refractivity contribution in [3.63, 3.8) is 0 Å². The van der Waals surface area contributed by atoms with Crippen molar-refractivity contribution < 1.29 is 32.3 Å². The van der Waals surface area contributed by atoms with Crippen molar-refractivity contribution >= 4 is 33.6 Å². The lowest BCUT2D eigenvalue weighted by molar-refractivity contribution is -0.163. The molecule has 1 aliphatic heterocycles.